The molecule has 4 unspecified atom stereocenters. The maximum atomic E-state index is 4.09. The second-order valence-electron chi connectivity index (χ2n) is 5.57. The summed E-state index contributed by atoms with van der Waals surface area (Å²) < 4.78 is 2.15. The van der Waals surface area contributed by atoms with Crippen LogP contribution < -0.4 is 5.32 Å². The van der Waals surface area contributed by atoms with Crippen molar-refractivity contribution >= 4 is 0 Å². The van der Waals surface area contributed by atoms with Crippen molar-refractivity contribution in [3.8, 4) is 0 Å². The van der Waals surface area contributed by atoms with E-state index in [1.165, 1.54) is 32.5 Å². The van der Waals surface area contributed by atoms with Crippen LogP contribution in [0.5, 0.6) is 0 Å². The predicted octanol–water partition coefficient (Wildman–Crippen LogP) is 0.955. The van der Waals surface area contributed by atoms with Gasteiger partial charge in [-0.15, -0.1) is 0 Å². The highest BCUT2D eigenvalue weighted by atomic mass is 15.2. The first-order valence-corrected chi connectivity index (χ1v) is 6.75. The lowest BCUT2D eigenvalue weighted by Crippen LogP contribution is -2.48. The molecule has 17 heavy (non-hydrogen) atoms. The Hall–Kier alpha value is -0.870. The Balaban J connectivity index is 1.52. The molecule has 3 rings (SSSR count). The lowest BCUT2D eigenvalue weighted by Gasteiger charge is -2.33. The molecule has 2 aliphatic heterocycles. The molecule has 2 saturated heterocycles. The molecule has 0 saturated carbocycles. The van der Waals surface area contributed by atoms with E-state index in [9.17, 15) is 0 Å². The fourth-order valence-electron chi connectivity index (χ4n) is 3.30. The van der Waals surface area contributed by atoms with Gasteiger partial charge in [0.1, 0.15) is 0 Å². The lowest BCUT2D eigenvalue weighted by molar-refractivity contribution is 0.208. The van der Waals surface area contributed by atoms with Crippen LogP contribution in [0.15, 0.2) is 18.7 Å². The average Bonchev–Trinajstić information content (AvgIpc) is 2.93. The fourth-order valence-corrected chi connectivity index (χ4v) is 3.30. The minimum absolute atomic E-state index is 0.529. The largest absolute Gasteiger partial charge is 0.336 e. The second-order valence-corrected chi connectivity index (χ2v) is 5.57. The highest BCUT2D eigenvalue weighted by molar-refractivity contribution is 4.91. The van der Waals surface area contributed by atoms with Gasteiger partial charge in [0.2, 0.25) is 0 Å². The number of hydrogen-bond acceptors (Lipinski definition) is 3. The highest BCUT2D eigenvalue weighted by Gasteiger charge is 2.34. The van der Waals surface area contributed by atoms with Crippen molar-refractivity contribution in [2.75, 3.05) is 19.6 Å². The van der Waals surface area contributed by atoms with Crippen molar-refractivity contribution in [3.05, 3.63) is 18.7 Å². The first-order valence-electron chi connectivity index (χ1n) is 6.75. The molecular formula is C13H22N4. The molecule has 4 heteroatoms. The Bertz CT molecular complexity index is 348. The molecule has 1 aromatic rings. The van der Waals surface area contributed by atoms with Gasteiger partial charge in [-0.25, -0.2) is 4.98 Å². The van der Waals surface area contributed by atoms with E-state index in [4.69, 9.17) is 0 Å². The molecule has 4 nitrogen and oxygen atoms in total. The van der Waals surface area contributed by atoms with Crippen molar-refractivity contribution in [2.24, 2.45) is 5.92 Å². The SMILES string of the molecule is CC(Cn1ccnc1)NC1CCN2CCC1C2. The van der Waals surface area contributed by atoms with Gasteiger partial charge in [0.05, 0.1) is 6.33 Å². The molecule has 3 heterocycles. The van der Waals surface area contributed by atoms with Crippen LogP contribution in [0.3, 0.4) is 0 Å². The molecular weight excluding hydrogens is 212 g/mol. The van der Waals surface area contributed by atoms with Gasteiger partial charge in [-0.2, -0.15) is 0 Å². The van der Waals surface area contributed by atoms with Gasteiger partial charge >= 0.3 is 0 Å². The summed E-state index contributed by atoms with van der Waals surface area (Å²) in [7, 11) is 0. The first kappa shape index (κ1) is 11.2. The van der Waals surface area contributed by atoms with Crippen molar-refractivity contribution in [1.29, 1.82) is 0 Å². The Labute approximate surface area is 103 Å². The maximum Gasteiger partial charge on any atom is 0.0946 e. The summed E-state index contributed by atoms with van der Waals surface area (Å²) >= 11 is 0. The maximum absolute atomic E-state index is 4.09. The van der Waals surface area contributed by atoms with Crippen molar-refractivity contribution in [2.45, 2.75) is 38.4 Å². The van der Waals surface area contributed by atoms with Gasteiger partial charge in [-0.05, 0) is 38.8 Å². The van der Waals surface area contributed by atoms with Gasteiger partial charge in [0.25, 0.3) is 0 Å². The lowest BCUT2D eigenvalue weighted by atomic mass is 9.93. The normalized spacial score (nSPS) is 33.8. The van der Waals surface area contributed by atoms with Gasteiger partial charge in [-0.3, -0.25) is 0 Å². The number of nitrogens with one attached hydrogen (secondary N) is 1. The number of imidazole rings is 1. The standard InChI is InChI=1S/C13H22N4/c1-11(8-17-7-4-14-10-17)15-13-3-6-16-5-2-12(13)9-16/h4,7,10-13,15H,2-3,5-6,8-9H2,1H3. The zero-order valence-corrected chi connectivity index (χ0v) is 10.5. The smallest absolute Gasteiger partial charge is 0.0946 e. The van der Waals surface area contributed by atoms with Crippen LogP contribution in [0.4, 0.5) is 0 Å². The van der Waals surface area contributed by atoms with Crippen molar-refractivity contribution in [3.63, 3.8) is 0 Å². The van der Waals surface area contributed by atoms with Crippen LogP contribution in [0, 0.1) is 5.92 Å². The van der Waals surface area contributed by atoms with E-state index in [-0.39, 0.29) is 0 Å². The molecule has 2 bridgehead atoms. The third-order valence-electron chi connectivity index (χ3n) is 4.18. The van der Waals surface area contributed by atoms with E-state index in [0.717, 1.165) is 18.5 Å². The summed E-state index contributed by atoms with van der Waals surface area (Å²) in [4.78, 5) is 6.69. The molecule has 0 amide bonds. The summed E-state index contributed by atoms with van der Waals surface area (Å²) in [5, 5.41) is 3.81. The number of rotatable bonds is 4. The molecule has 94 valence electrons. The van der Waals surface area contributed by atoms with Crippen LogP contribution in [-0.4, -0.2) is 46.2 Å². The van der Waals surface area contributed by atoms with Crippen LogP contribution >= 0.6 is 0 Å². The quantitative estimate of drug-likeness (QED) is 0.842. The third kappa shape index (κ3) is 2.53. The van der Waals surface area contributed by atoms with E-state index in [1.807, 2.05) is 18.7 Å². The summed E-state index contributed by atoms with van der Waals surface area (Å²) in [6.07, 6.45) is 8.49. The highest BCUT2D eigenvalue weighted by Crippen LogP contribution is 2.27. The zero-order chi connectivity index (χ0) is 11.7. The summed E-state index contributed by atoms with van der Waals surface area (Å²) in [5.41, 5.74) is 0. The number of aromatic nitrogens is 2. The van der Waals surface area contributed by atoms with E-state index in [2.05, 4.69) is 26.7 Å². The molecule has 0 radical (unpaired) electrons. The third-order valence-corrected chi connectivity index (χ3v) is 4.18. The molecule has 4 atom stereocenters. The van der Waals surface area contributed by atoms with Gasteiger partial charge in [-0.1, -0.05) is 0 Å². The molecule has 1 aromatic heterocycles. The molecule has 0 aliphatic carbocycles. The van der Waals surface area contributed by atoms with E-state index in [1.54, 1.807) is 0 Å². The number of nitrogens with zero attached hydrogens (tertiary/aromatic N) is 3. The number of fused-ring (bicyclic) bond motifs is 2. The Morgan fingerprint density at radius 3 is 3.12 bits per heavy atom. The van der Waals surface area contributed by atoms with E-state index >= 15 is 0 Å². The Morgan fingerprint density at radius 2 is 2.29 bits per heavy atom. The summed E-state index contributed by atoms with van der Waals surface area (Å²) in [6, 6.07) is 1.26. The molecule has 0 aromatic carbocycles. The second kappa shape index (κ2) is 4.78. The topological polar surface area (TPSA) is 33.1 Å². The van der Waals surface area contributed by atoms with Gasteiger partial charge in [0, 0.05) is 37.6 Å². The van der Waals surface area contributed by atoms with Crippen molar-refractivity contribution in [1.82, 2.24) is 19.8 Å². The number of piperidine rings is 1. The molecule has 0 spiro atoms. The van der Waals surface area contributed by atoms with Crippen molar-refractivity contribution < 1.29 is 0 Å². The van der Waals surface area contributed by atoms with Gasteiger partial charge < -0.3 is 14.8 Å². The summed E-state index contributed by atoms with van der Waals surface area (Å²) in [5.74, 6) is 0.883. The minimum Gasteiger partial charge on any atom is -0.336 e. The first-order chi connectivity index (χ1) is 8.31. The van der Waals surface area contributed by atoms with E-state index < -0.39 is 0 Å². The Kier molecular flexibility index (Phi) is 3.16. The Morgan fingerprint density at radius 1 is 1.41 bits per heavy atom. The van der Waals surface area contributed by atoms with E-state index in [0.29, 0.717) is 6.04 Å². The van der Waals surface area contributed by atoms with Crippen LogP contribution in [0.25, 0.3) is 0 Å². The van der Waals surface area contributed by atoms with Crippen LogP contribution in [0.1, 0.15) is 19.8 Å². The predicted molar refractivity (Wildman–Crippen MR) is 67.8 cm³/mol. The monoisotopic (exact) mass is 234 g/mol. The van der Waals surface area contributed by atoms with Crippen LogP contribution in [0.2, 0.25) is 0 Å². The summed E-state index contributed by atoms with van der Waals surface area (Å²) in [6.45, 7) is 7.22. The molecule has 1 N–H and O–H groups in total. The molecule has 2 fully saturated rings. The zero-order valence-electron chi connectivity index (χ0n) is 10.5. The molecule has 2 aliphatic rings. The van der Waals surface area contributed by atoms with Crippen LogP contribution in [-0.2, 0) is 6.54 Å². The number of hydrogen-bond donors (Lipinski definition) is 1. The van der Waals surface area contributed by atoms with Gasteiger partial charge in [0.15, 0.2) is 0 Å². The fraction of sp³-hybridized carbons (Fsp3) is 0.769. The minimum atomic E-state index is 0.529. The average molecular weight is 234 g/mol.